The Morgan fingerprint density at radius 2 is 2.00 bits per heavy atom. The number of rotatable bonds is 5. The van der Waals surface area contributed by atoms with Crippen LogP contribution in [0.2, 0.25) is 5.02 Å². The highest BCUT2D eigenvalue weighted by Gasteiger charge is 2.12. The van der Waals surface area contributed by atoms with E-state index in [9.17, 15) is 13.6 Å². The maximum atomic E-state index is 13.1. The summed E-state index contributed by atoms with van der Waals surface area (Å²) in [5.74, 6) is -2.18. The number of hydrogen-bond acceptors (Lipinski definition) is 5. The zero-order valence-electron chi connectivity index (χ0n) is 12.5. The van der Waals surface area contributed by atoms with Crippen LogP contribution in [0.25, 0.3) is 11.5 Å². The predicted octanol–water partition coefficient (Wildman–Crippen LogP) is 4.40. The standard InChI is InChI=1S/C16H10ClF2N3O2S/c17-10-3-1-2-9(6-10)15-21-22-16(24-15)25-8-14(23)20-11-4-5-12(18)13(19)7-11/h1-7H,8H2,(H,20,23). The Labute approximate surface area is 150 Å². The van der Waals surface area contributed by atoms with Crippen LogP contribution in [0.4, 0.5) is 14.5 Å². The first kappa shape index (κ1) is 17.4. The molecule has 0 aliphatic heterocycles. The molecule has 9 heteroatoms. The van der Waals surface area contributed by atoms with Crippen LogP contribution in [0.1, 0.15) is 0 Å². The highest BCUT2D eigenvalue weighted by molar-refractivity contribution is 7.99. The van der Waals surface area contributed by atoms with Crippen LogP contribution in [-0.4, -0.2) is 21.9 Å². The lowest BCUT2D eigenvalue weighted by atomic mass is 10.2. The van der Waals surface area contributed by atoms with Crippen molar-refractivity contribution < 1.29 is 18.0 Å². The monoisotopic (exact) mass is 381 g/mol. The van der Waals surface area contributed by atoms with E-state index >= 15 is 0 Å². The van der Waals surface area contributed by atoms with Gasteiger partial charge in [0.2, 0.25) is 11.8 Å². The van der Waals surface area contributed by atoms with Gasteiger partial charge in [0.15, 0.2) is 11.6 Å². The Hall–Kier alpha value is -2.45. The van der Waals surface area contributed by atoms with E-state index in [0.717, 1.165) is 23.9 Å². The van der Waals surface area contributed by atoms with E-state index in [1.165, 1.54) is 6.07 Å². The van der Waals surface area contributed by atoms with Gasteiger partial charge in [-0.1, -0.05) is 29.4 Å². The number of thioether (sulfide) groups is 1. The summed E-state index contributed by atoms with van der Waals surface area (Å²) in [7, 11) is 0. The molecule has 0 unspecified atom stereocenters. The van der Waals surface area contributed by atoms with E-state index in [1.54, 1.807) is 24.3 Å². The summed E-state index contributed by atoms with van der Waals surface area (Å²) >= 11 is 6.93. The van der Waals surface area contributed by atoms with E-state index in [0.29, 0.717) is 10.6 Å². The average molecular weight is 382 g/mol. The van der Waals surface area contributed by atoms with Crippen LogP contribution < -0.4 is 5.32 Å². The first-order chi connectivity index (χ1) is 12.0. The number of anilines is 1. The third-order valence-corrected chi connectivity index (χ3v) is 4.06. The molecule has 0 aliphatic carbocycles. The van der Waals surface area contributed by atoms with Gasteiger partial charge in [0.25, 0.3) is 5.22 Å². The van der Waals surface area contributed by atoms with Crippen molar-refractivity contribution in [3.63, 3.8) is 0 Å². The number of amides is 1. The fraction of sp³-hybridized carbons (Fsp3) is 0.0625. The summed E-state index contributed by atoms with van der Waals surface area (Å²) in [6, 6.07) is 10.0. The summed E-state index contributed by atoms with van der Waals surface area (Å²) < 4.78 is 31.4. The quantitative estimate of drug-likeness (QED) is 0.663. The van der Waals surface area contributed by atoms with E-state index in [1.807, 2.05) is 0 Å². The number of halogens is 3. The van der Waals surface area contributed by atoms with E-state index in [-0.39, 0.29) is 22.6 Å². The van der Waals surface area contributed by atoms with Crippen LogP contribution in [0.3, 0.4) is 0 Å². The molecule has 0 saturated carbocycles. The van der Waals surface area contributed by atoms with Gasteiger partial charge in [0.1, 0.15) is 0 Å². The predicted molar refractivity (Wildman–Crippen MR) is 90.5 cm³/mol. The Bertz CT molecular complexity index is 920. The largest absolute Gasteiger partial charge is 0.411 e. The number of carbonyl (C=O) groups excluding carboxylic acids is 1. The Balaban J connectivity index is 1.58. The lowest BCUT2D eigenvalue weighted by Crippen LogP contribution is -2.14. The van der Waals surface area contributed by atoms with Gasteiger partial charge >= 0.3 is 0 Å². The van der Waals surface area contributed by atoms with Gasteiger partial charge in [0, 0.05) is 22.3 Å². The fourth-order valence-corrected chi connectivity index (χ4v) is 2.66. The number of benzene rings is 2. The first-order valence-electron chi connectivity index (χ1n) is 6.98. The number of nitrogens with zero attached hydrogens (tertiary/aromatic N) is 2. The van der Waals surface area contributed by atoms with Gasteiger partial charge in [0.05, 0.1) is 5.75 Å². The lowest BCUT2D eigenvalue weighted by molar-refractivity contribution is -0.113. The van der Waals surface area contributed by atoms with E-state index in [2.05, 4.69) is 15.5 Å². The molecule has 5 nitrogen and oxygen atoms in total. The van der Waals surface area contributed by atoms with Crippen LogP contribution >= 0.6 is 23.4 Å². The number of hydrogen-bond donors (Lipinski definition) is 1. The SMILES string of the molecule is O=C(CSc1nnc(-c2cccc(Cl)c2)o1)Nc1ccc(F)c(F)c1. The minimum absolute atomic E-state index is 0.0316. The Morgan fingerprint density at radius 3 is 2.76 bits per heavy atom. The summed E-state index contributed by atoms with van der Waals surface area (Å²) in [5, 5.41) is 10.9. The third-order valence-electron chi connectivity index (χ3n) is 3.01. The fourth-order valence-electron chi connectivity index (χ4n) is 1.90. The van der Waals surface area contributed by atoms with Crippen molar-refractivity contribution in [1.29, 1.82) is 0 Å². The molecule has 3 aromatic rings. The summed E-state index contributed by atoms with van der Waals surface area (Å²) in [4.78, 5) is 11.8. The van der Waals surface area contributed by atoms with E-state index in [4.69, 9.17) is 16.0 Å². The number of carbonyl (C=O) groups is 1. The first-order valence-corrected chi connectivity index (χ1v) is 8.35. The Kier molecular flexibility index (Phi) is 5.30. The number of nitrogens with one attached hydrogen (secondary N) is 1. The molecule has 128 valence electrons. The van der Waals surface area contributed by atoms with Crippen molar-refractivity contribution in [2.75, 3.05) is 11.1 Å². The van der Waals surface area contributed by atoms with Gasteiger partial charge < -0.3 is 9.73 Å². The maximum Gasteiger partial charge on any atom is 0.277 e. The number of aromatic nitrogens is 2. The van der Waals surface area contributed by atoms with Crippen LogP contribution in [-0.2, 0) is 4.79 Å². The normalized spacial score (nSPS) is 10.7. The van der Waals surface area contributed by atoms with Crippen LogP contribution in [0, 0.1) is 11.6 Å². The second-order valence-electron chi connectivity index (χ2n) is 4.85. The van der Waals surface area contributed by atoms with Crippen molar-refractivity contribution in [2.45, 2.75) is 5.22 Å². The molecule has 1 heterocycles. The van der Waals surface area contributed by atoms with Crippen LogP contribution in [0.5, 0.6) is 0 Å². The van der Waals surface area contributed by atoms with Crippen molar-refractivity contribution >= 4 is 35.0 Å². The maximum absolute atomic E-state index is 13.1. The smallest absolute Gasteiger partial charge is 0.277 e. The van der Waals surface area contributed by atoms with E-state index < -0.39 is 17.5 Å². The van der Waals surface area contributed by atoms with Gasteiger partial charge in [-0.15, -0.1) is 10.2 Å². The lowest BCUT2D eigenvalue weighted by Gasteiger charge is -2.04. The molecule has 2 aromatic carbocycles. The Morgan fingerprint density at radius 1 is 1.16 bits per heavy atom. The summed E-state index contributed by atoms with van der Waals surface area (Å²) in [5.41, 5.74) is 0.827. The highest BCUT2D eigenvalue weighted by Crippen LogP contribution is 2.25. The molecule has 0 fully saturated rings. The molecule has 3 rings (SSSR count). The van der Waals surface area contributed by atoms with Crippen molar-refractivity contribution in [3.05, 3.63) is 59.1 Å². The molecular weight excluding hydrogens is 372 g/mol. The summed E-state index contributed by atoms with van der Waals surface area (Å²) in [6.45, 7) is 0. The van der Waals surface area contributed by atoms with Crippen molar-refractivity contribution in [2.24, 2.45) is 0 Å². The molecule has 0 bridgehead atoms. The topological polar surface area (TPSA) is 68.0 Å². The zero-order valence-corrected chi connectivity index (χ0v) is 14.1. The molecule has 1 amide bonds. The molecule has 25 heavy (non-hydrogen) atoms. The van der Waals surface area contributed by atoms with Crippen molar-refractivity contribution in [1.82, 2.24) is 10.2 Å². The van der Waals surface area contributed by atoms with Gasteiger partial charge in [-0.25, -0.2) is 8.78 Å². The molecule has 0 radical (unpaired) electrons. The second-order valence-corrected chi connectivity index (χ2v) is 6.21. The minimum Gasteiger partial charge on any atom is -0.411 e. The van der Waals surface area contributed by atoms with Gasteiger partial charge in [-0.2, -0.15) is 0 Å². The second kappa shape index (κ2) is 7.62. The van der Waals surface area contributed by atoms with Crippen molar-refractivity contribution in [3.8, 4) is 11.5 Å². The molecule has 0 atom stereocenters. The molecule has 0 spiro atoms. The van der Waals surface area contributed by atoms with Crippen LogP contribution in [0.15, 0.2) is 52.1 Å². The zero-order chi connectivity index (χ0) is 17.8. The molecular formula is C16H10ClF2N3O2S. The average Bonchev–Trinajstić information content (AvgIpc) is 3.05. The third kappa shape index (κ3) is 4.55. The van der Waals surface area contributed by atoms with Gasteiger partial charge in [-0.05, 0) is 30.3 Å². The van der Waals surface area contributed by atoms with Gasteiger partial charge in [-0.3, -0.25) is 4.79 Å². The molecule has 1 aromatic heterocycles. The summed E-state index contributed by atoms with van der Waals surface area (Å²) in [6.07, 6.45) is 0. The highest BCUT2D eigenvalue weighted by atomic mass is 35.5. The molecule has 0 aliphatic rings. The molecule has 0 saturated heterocycles. The molecule has 1 N–H and O–H groups in total. The minimum atomic E-state index is -1.03.